The van der Waals surface area contributed by atoms with Crippen LogP contribution >= 0.6 is 11.3 Å². The summed E-state index contributed by atoms with van der Waals surface area (Å²) in [6.07, 6.45) is 1.12. The molecule has 0 spiro atoms. The molecule has 0 saturated heterocycles. The molecule has 0 aliphatic heterocycles. The van der Waals surface area contributed by atoms with E-state index >= 15 is 0 Å². The number of ether oxygens (including phenoxy) is 2. The molecular formula is C21H22N4O6S. The lowest BCUT2D eigenvalue weighted by Gasteiger charge is -2.11. The summed E-state index contributed by atoms with van der Waals surface area (Å²) in [5.41, 5.74) is 7.76. The van der Waals surface area contributed by atoms with E-state index in [2.05, 4.69) is 15.3 Å². The lowest BCUT2D eigenvalue weighted by atomic mass is 10.2. The zero-order valence-corrected chi connectivity index (χ0v) is 18.1. The highest BCUT2D eigenvalue weighted by molar-refractivity contribution is 7.22. The first-order valence-corrected chi connectivity index (χ1v) is 9.92. The standard InChI is InChI=1S/C17H18N4O2S.C4H4O4/c1-22-13-7-5-8-14(23-2)11(13)10-19-16(18)21-17-20-12-6-3-4-9-15(12)24-17;5-3(6)1-2-4(7)8/h3-9H,10H2,1-2H3,(H3,18,19,20,21);1-2H,(H,5,6)(H,7,8)/b;2-1+. The molecule has 3 aromatic rings. The summed E-state index contributed by atoms with van der Waals surface area (Å²) in [5, 5.41) is 19.4. The van der Waals surface area contributed by atoms with E-state index in [1.807, 2.05) is 42.5 Å². The number of nitrogens with two attached hydrogens (primary N) is 1. The Morgan fingerprint density at radius 1 is 1.06 bits per heavy atom. The van der Waals surface area contributed by atoms with E-state index in [9.17, 15) is 9.59 Å². The van der Waals surface area contributed by atoms with Crippen LogP contribution in [0.15, 0.2) is 59.6 Å². The molecule has 10 nitrogen and oxygen atoms in total. The number of carboxylic acid groups (broad SMARTS) is 2. The molecular weight excluding hydrogens is 436 g/mol. The Balaban J connectivity index is 0.000000390. The van der Waals surface area contributed by atoms with E-state index in [1.54, 1.807) is 14.2 Å². The maximum absolute atomic E-state index is 9.55. The highest BCUT2D eigenvalue weighted by Gasteiger charge is 2.10. The van der Waals surface area contributed by atoms with Gasteiger partial charge in [-0.2, -0.15) is 0 Å². The van der Waals surface area contributed by atoms with Crippen LogP contribution in [-0.4, -0.2) is 47.3 Å². The van der Waals surface area contributed by atoms with E-state index in [0.29, 0.717) is 41.3 Å². The third-order valence-electron chi connectivity index (χ3n) is 3.83. The van der Waals surface area contributed by atoms with Gasteiger partial charge in [-0.25, -0.2) is 19.6 Å². The van der Waals surface area contributed by atoms with Gasteiger partial charge in [0, 0.05) is 12.2 Å². The molecule has 0 unspecified atom stereocenters. The maximum atomic E-state index is 9.55. The number of nitrogens with zero attached hydrogens (tertiary/aromatic N) is 2. The highest BCUT2D eigenvalue weighted by Crippen LogP contribution is 2.29. The summed E-state index contributed by atoms with van der Waals surface area (Å²) in [7, 11) is 3.23. The van der Waals surface area contributed by atoms with Crippen LogP contribution in [0.2, 0.25) is 0 Å². The number of thiazole rings is 1. The molecule has 3 rings (SSSR count). The Bertz CT molecular complexity index is 1070. The smallest absolute Gasteiger partial charge is 0.328 e. The highest BCUT2D eigenvalue weighted by atomic mass is 32.1. The summed E-state index contributed by atoms with van der Waals surface area (Å²) in [4.78, 5) is 27.9. The first-order valence-electron chi connectivity index (χ1n) is 9.10. The van der Waals surface area contributed by atoms with Crippen molar-refractivity contribution in [2.24, 2.45) is 10.7 Å². The van der Waals surface area contributed by atoms with Crippen LogP contribution in [0.1, 0.15) is 5.56 Å². The normalized spacial score (nSPS) is 11.0. The minimum atomic E-state index is -1.26. The maximum Gasteiger partial charge on any atom is 0.328 e. The summed E-state index contributed by atoms with van der Waals surface area (Å²) in [6.45, 7) is 0.344. The number of aliphatic carboxylic acids is 2. The zero-order valence-electron chi connectivity index (χ0n) is 17.3. The molecule has 1 heterocycles. The summed E-state index contributed by atoms with van der Waals surface area (Å²) < 4.78 is 11.8. The lowest BCUT2D eigenvalue weighted by molar-refractivity contribution is -0.134. The fourth-order valence-electron chi connectivity index (χ4n) is 2.47. The SMILES string of the molecule is COc1cccc(OC)c1CN=C(N)Nc1nc2ccccc2s1.O=C(O)/C=C/C(=O)O. The fraction of sp³-hybridized carbons (Fsp3) is 0.143. The lowest BCUT2D eigenvalue weighted by Crippen LogP contribution is -2.22. The minimum absolute atomic E-state index is 0.294. The van der Waals surface area contributed by atoms with E-state index in [0.717, 1.165) is 15.8 Å². The number of rotatable bonds is 7. The van der Waals surface area contributed by atoms with Crippen molar-refractivity contribution in [1.29, 1.82) is 0 Å². The van der Waals surface area contributed by atoms with Crippen LogP contribution < -0.4 is 20.5 Å². The van der Waals surface area contributed by atoms with Gasteiger partial charge in [-0.05, 0) is 24.3 Å². The average Bonchev–Trinajstić information content (AvgIpc) is 3.18. The quantitative estimate of drug-likeness (QED) is 0.237. The monoisotopic (exact) mass is 458 g/mol. The molecule has 168 valence electrons. The van der Waals surface area contributed by atoms with Gasteiger partial charge in [-0.3, -0.25) is 0 Å². The van der Waals surface area contributed by atoms with Gasteiger partial charge in [0.2, 0.25) is 0 Å². The Labute approximate surface area is 187 Å². The Kier molecular flexibility index (Phi) is 8.99. The van der Waals surface area contributed by atoms with E-state index in [4.69, 9.17) is 25.4 Å². The first kappa shape index (κ1) is 24.2. The Morgan fingerprint density at radius 3 is 2.19 bits per heavy atom. The molecule has 0 aliphatic rings. The van der Waals surface area contributed by atoms with Gasteiger partial charge in [0.25, 0.3) is 0 Å². The van der Waals surface area contributed by atoms with Crippen LogP contribution in [0.4, 0.5) is 5.13 Å². The van der Waals surface area contributed by atoms with Crippen molar-refractivity contribution < 1.29 is 29.3 Å². The number of hydrogen-bond donors (Lipinski definition) is 4. The molecule has 0 atom stereocenters. The van der Waals surface area contributed by atoms with Crippen molar-refractivity contribution in [3.05, 3.63) is 60.2 Å². The van der Waals surface area contributed by atoms with Crippen molar-refractivity contribution in [3.8, 4) is 11.5 Å². The number of para-hydroxylation sites is 1. The first-order chi connectivity index (χ1) is 15.3. The topological polar surface area (TPSA) is 156 Å². The third-order valence-corrected chi connectivity index (χ3v) is 4.79. The summed E-state index contributed by atoms with van der Waals surface area (Å²) >= 11 is 1.53. The Morgan fingerprint density at radius 2 is 1.66 bits per heavy atom. The van der Waals surface area contributed by atoms with Crippen molar-refractivity contribution in [1.82, 2.24) is 4.98 Å². The second kappa shape index (κ2) is 11.9. The van der Waals surface area contributed by atoms with Gasteiger partial charge >= 0.3 is 11.9 Å². The van der Waals surface area contributed by atoms with E-state index in [-0.39, 0.29) is 0 Å². The largest absolute Gasteiger partial charge is 0.496 e. The summed E-state index contributed by atoms with van der Waals surface area (Å²) in [5.74, 6) is -0.793. The van der Waals surface area contributed by atoms with Crippen LogP contribution in [0.3, 0.4) is 0 Å². The Hall–Kier alpha value is -4.12. The van der Waals surface area contributed by atoms with Crippen LogP contribution in [-0.2, 0) is 16.1 Å². The molecule has 5 N–H and O–H groups in total. The number of aromatic nitrogens is 1. The van der Waals surface area contributed by atoms with Crippen LogP contribution in [0, 0.1) is 0 Å². The van der Waals surface area contributed by atoms with Crippen molar-refractivity contribution in [3.63, 3.8) is 0 Å². The number of carbonyl (C=O) groups is 2. The summed E-state index contributed by atoms with van der Waals surface area (Å²) in [6, 6.07) is 13.5. The van der Waals surface area contributed by atoms with E-state index in [1.165, 1.54) is 11.3 Å². The number of nitrogens with one attached hydrogen (secondary N) is 1. The molecule has 0 bridgehead atoms. The fourth-order valence-corrected chi connectivity index (χ4v) is 3.34. The van der Waals surface area contributed by atoms with Crippen molar-refractivity contribution >= 4 is 44.6 Å². The molecule has 1 aromatic heterocycles. The number of fused-ring (bicyclic) bond motifs is 1. The van der Waals surface area contributed by atoms with Gasteiger partial charge in [0.1, 0.15) is 11.5 Å². The molecule has 0 radical (unpaired) electrons. The van der Waals surface area contributed by atoms with Crippen molar-refractivity contribution in [2.45, 2.75) is 6.54 Å². The molecule has 0 aliphatic carbocycles. The molecule has 0 amide bonds. The van der Waals surface area contributed by atoms with Gasteiger partial charge in [-0.1, -0.05) is 29.5 Å². The third kappa shape index (κ3) is 7.29. The number of guanidine groups is 1. The van der Waals surface area contributed by atoms with Gasteiger partial charge < -0.3 is 30.7 Å². The minimum Gasteiger partial charge on any atom is -0.496 e. The molecule has 2 aromatic carbocycles. The molecule has 32 heavy (non-hydrogen) atoms. The van der Waals surface area contributed by atoms with E-state index < -0.39 is 11.9 Å². The van der Waals surface area contributed by atoms with Crippen molar-refractivity contribution in [2.75, 3.05) is 19.5 Å². The number of hydrogen-bond acceptors (Lipinski definition) is 7. The van der Waals surface area contributed by atoms with Gasteiger partial charge in [0.05, 0.1) is 36.5 Å². The zero-order chi connectivity index (χ0) is 23.5. The van der Waals surface area contributed by atoms with Gasteiger partial charge in [0.15, 0.2) is 11.1 Å². The average molecular weight is 458 g/mol. The molecule has 0 fully saturated rings. The second-order valence-corrected chi connectivity index (χ2v) is 6.99. The number of carboxylic acids is 2. The van der Waals surface area contributed by atoms with Crippen LogP contribution in [0.25, 0.3) is 10.2 Å². The number of aliphatic imine (C=N–C) groups is 1. The number of benzene rings is 2. The number of anilines is 1. The van der Waals surface area contributed by atoms with Gasteiger partial charge in [-0.15, -0.1) is 0 Å². The number of methoxy groups -OCH3 is 2. The predicted molar refractivity (Wildman–Crippen MR) is 123 cm³/mol. The predicted octanol–water partition coefficient (Wildman–Crippen LogP) is 2.95. The second-order valence-electron chi connectivity index (χ2n) is 5.96. The molecule has 0 saturated carbocycles. The van der Waals surface area contributed by atoms with Crippen LogP contribution in [0.5, 0.6) is 11.5 Å². The molecule has 11 heteroatoms.